The Morgan fingerprint density at radius 3 is 2.92 bits per heavy atom. The van der Waals surface area contributed by atoms with Crippen molar-refractivity contribution >= 4 is 22.4 Å². The highest BCUT2D eigenvalue weighted by molar-refractivity contribution is 5.99. The van der Waals surface area contributed by atoms with Crippen molar-refractivity contribution in [1.82, 2.24) is 14.8 Å². The van der Waals surface area contributed by atoms with Crippen molar-refractivity contribution in [1.29, 1.82) is 0 Å². The van der Waals surface area contributed by atoms with Crippen LogP contribution in [0.2, 0.25) is 0 Å². The SMILES string of the molecule is C=CCN1C[C@H](C(=O)N(CC)CC)C=C2c3cccc4[nH]cc(c34)C[C@H]21. The van der Waals surface area contributed by atoms with Gasteiger partial charge in [0.25, 0.3) is 0 Å². The molecule has 0 unspecified atom stereocenters. The van der Waals surface area contributed by atoms with Gasteiger partial charge in [0.2, 0.25) is 5.91 Å². The first-order valence-electron chi connectivity index (χ1n) is 9.62. The lowest BCUT2D eigenvalue weighted by atomic mass is 9.79. The van der Waals surface area contributed by atoms with Gasteiger partial charge in [0.1, 0.15) is 0 Å². The van der Waals surface area contributed by atoms with Crippen molar-refractivity contribution in [3.05, 3.63) is 54.3 Å². The topological polar surface area (TPSA) is 39.3 Å². The lowest BCUT2D eigenvalue weighted by Crippen LogP contribution is -2.49. The molecule has 0 fully saturated rings. The number of rotatable bonds is 5. The molecule has 26 heavy (non-hydrogen) atoms. The molecule has 4 nitrogen and oxygen atoms in total. The highest BCUT2D eigenvalue weighted by atomic mass is 16.2. The van der Waals surface area contributed by atoms with Crippen LogP contribution in [-0.2, 0) is 11.2 Å². The monoisotopic (exact) mass is 349 g/mol. The van der Waals surface area contributed by atoms with E-state index in [2.05, 4.69) is 60.8 Å². The number of H-pyrrole nitrogens is 1. The third-order valence-electron chi connectivity index (χ3n) is 5.88. The van der Waals surface area contributed by atoms with Crippen LogP contribution in [0.15, 0.2) is 43.1 Å². The third kappa shape index (κ3) is 2.60. The molecule has 136 valence electrons. The zero-order valence-electron chi connectivity index (χ0n) is 15.7. The summed E-state index contributed by atoms with van der Waals surface area (Å²) in [5.41, 5.74) is 5.15. The lowest BCUT2D eigenvalue weighted by molar-refractivity contribution is -0.134. The molecular weight excluding hydrogens is 322 g/mol. The maximum absolute atomic E-state index is 13.0. The number of hydrogen-bond acceptors (Lipinski definition) is 2. The van der Waals surface area contributed by atoms with E-state index in [1.165, 1.54) is 27.6 Å². The Bertz CT molecular complexity index is 875. The summed E-state index contributed by atoms with van der Waals surface area (Å²) >= 11 is 0. The highest BCUT2D eigenvalue weighted by Gasteiger charge is 2.37. The number of aromatic nitrogens is 1. The van der Waals surface area contributed by atoms with Crippen LogP contribution >= 0.6 is 0 Å². The van der Waals surface area contributed by atoms with Crippen LogP contribution < -0.4 is 0 Å². The predicted octanol–water partition coefficient (Wildman–Crippen LogP) is 3.46. The number of benzene rings is 1. The van der Waals surface area contributed by atoms with Crippen LogP contribution in [0.3, 0.4) is 0 Å². The second kappa shape index (κ2) is 6.76. The second-order valence-corrected chi connectivity index (χ2v) is 7.24. The van der Waals surface area contributed by atoms with Crippen molar-refractivity contribution in [2.24, 2.45) is 5.92 Å². The Hall–Kier alpha value is -2.33. The van der Waals surface area contributed by atoms with Crippen molar-refractivity contribution < 1.29 is 4.79 Å². The van der Waals surface area contributed by atoms with Gasteiger partial charge >= 0.3 is 0 Å². The van der Waals surface area contributed by atoms with Gasteiger partial charge in [-0.05, 0) is 43.0 Å². The molecular formula is C22H27N3O. The summed E-state index contributed by atoms with van der Waals surface area (Å²) in [5, 5.41) is 1.32. The fourth-order valence-corrected chi connectivity index (χ4v) is 4.62. The molecule has 2 heterocycles. The number of amides is 1. The summed E-state index contributed by atoms with van der Waals surface area (Å²) < 4.78 is 0. The van der Waals surface area contributed by atoms with Crippen LogP contribution in [0.1, 0.15) is 25.0 Å². The van der Waals surface area contributed by atoms with Crippen molar-refractivity contribution in [2.75, 3.05) is 26.2 Å². The molecule has 1 N–H and O–H groups in total. The van der Waals surface area contributed by atoms with Crippen LogP contribution in [0.25, 0.3) is 16.5 Å². The van der Waals surface area contributed by atoms with E-state index in [9.17, 15) is 4.79 Å². The molecule has 0 spiro atoms. The first-order valence-corrected chi connectivity index (χ1v) is 9.62. The van der Waals surface area contributed by atoms with Crippen molar-refractivity contribution in [3.63, 3.8) is 0 Å². The van der Waals surface area contributed by atoms with Gasteiger partial charge in [-0.3, -0.25) is 9.69 Å². The first kappa shape index (κ1) is 17.1. The minimum Gasteiger partial charge on any atom is -0.361 e. The number of aromatic amines is 1. The van der Waals surface area contributed by atoms with Gasteiger partial charge in [0.05, 0.1) is 5.92 Å². The summed E-state index contributed by atoms with van der Waals surface area (Å²) in [6.45, 7) is 11.1. The van der Waals surface area contributed by atoms with E-state index in [0.717, 1.165) is 32.6 Å². The minimum atomic E-state index is -0.0863. The van der Waals surface area contributed by atoms with Crippen LogP contribution in [-0.4, -0.2) is 52.9 Å². The fourth-order valence-electron chi connectivity index (χ4n) is 4.62. The van der Waals surface area contributed by atoms with Gasteiger partial charge in [-0.25, -0.2) is 0 Å². The smallest absolute Gasteiger partial charge is 0.230 e. The van der Waals surface area contributed by atoms with Crippen LogP contribution in [0.4, 0.5) is 0 Å². The van der Waals surface area contributed by atoms with E-state index in [4.69, 9.17) is 0 Å². The molecule has 4 heteroatoms. The number of hydrogen-bond donors (Lipinski definition) is 1. The molecule has 1 aliphatic carbocycles. The number of nitrogens with one attached hydrogen (secondary N) is 1. The molecule has 0 saturated carbocycles. The van der Waals surface area contributed by atoms with E-state index >= 15 is 0 Å². The maximum atomic E-state index is 13.0. The summed E-state index contributed by atoms with van der Waals surface area (Å²) in [6, 6.07) is 6.76. The van der Waals surface area contributed by atoms with Gasteiger partial charge in [-0.2, -0.15) is 0 Å². The number of fused-ring (bicyclic) bond motifs is 2. The second-order valence-electron chi connectivity index (χ2n) is 7.24. The van der Waals surface area contributed by atoms with Crippen LogP contribution in [0.5, 0.6) is 0 Å². The largest absolute Gasteiger partial charge is 0.361 e. The summed E-state index contributed by atoms with van der Waals surface area (Å²) in [4.78, 5) is 20.8. The van der Waals surface area contributed by atoms with E-state index < -0.39 is 0 Å². The zero-order valence-corrected chi connectivity index (χ0v) is 15.7. The minimum absolute atomic E-state index is 0.0863. The zero-order chi connectivity index (χ0) is 18.3. The molecule has 1 amide bonds. The van der Waals surface area contributed by atoms with Crippen molar-refractivity contribution in [2.45, 2.75) is 26.3 Å². The summed E-state index contributed by atoms with van der Waals surface area (Å²) in [7, 11) is 0. The molecule has 1 aromatic heterocycles. The van der Waals surface area contributed by atoms with Crippen LogP contribution in [0, 0.1) is 5.92 Å². The lowest BCUT2D eigenvalue weighted by Gasteiger charge is -2.42. The van der Waals surface area contributed by atoms with Gasteiger partial charge < -0.3 is 9.88 Å². The first-order chi connectivity index (χ1) is 12.7. The molecule has 2 atom stereocenters. The quantitative estimate of drug-likeness (QED) is 0.840. The fraction of sp³-hybridized carbons (Fsp3) is 0.409. The number of carbonyl (C=O) groups excluding carboxylic acids is 1. The standard InChI is InChI=1S/C22H27N3O/c1-4-10-25-14-16(22(26)24(5-2)6-3)11-18-17-8-7-9-19-21(17)15(13-23-19)12-20(18)25/h4,7-9,11,13,16,20,23H,1,5-6,10,12,14H2,2-3H3/t16-,20-/m1/s1. The Labute approximate surface area is 155 Å². The molecule has 2 aromatic rings. The molecule has 0 saturated heterocycles. The Morgan fingerprint density at radius 2 is 2.19 bits per heavy atom. The molecule has 0 radical (unpaired) electrons. The summed E-state index contributed by atoms with van der Waals surface area (Å²) in [6.07, 6.45) is 7.33. The molecule has 2 aliphatic rings. The maximum Gasteiger partial charge on any atom is 0.230 e. The van der Waals surface area contributed by atoms with Gasteiger partial charge in [-0.15, -0.1) is 6.58 Å². The molecule has 1 aliphatic heterocycles. The Balaban J connectivity index is 1.81. The van der Waals surface area contributed by atoms with Gasteiger partial charge in [0, 0.05) is 49.3 Å². The van der Waals surface area contributed by atoms with Gasteiger partial charge in [-0.1, -0.05) is 24.3 Å². The molecule has 1 aromatic carbocycles. The molecule has 4 rings (SSSR count). The van der Waals surface area contributed by atoms with Gasteiger partial charge in [0.15, 0.2) is 0 Å². The number of nitrogens with zero attached hydrogens (tertiary/aromatic N) is 2. The Morgan fingerprint density at radius 1 is 1.38 bits per heavy atom. The van der Waals surface area contributed by atoms with E-state index in [-0.39, 0.29) is 11.8 Å². The predicted molar refractivity (Wildman–Crippen MR) is 107 cm³/mol. The van der Waals surface area contributed by atoms with E-state index in [0.29, 0.717) is 6.04 Å². The van der Waals surface area contributed by atoms with Crippen molar-refractivity contribution in [3.8, 4) is 0 Å². The summed E-state index contributed by atoms with van der Waals surface area (Å²) in [5.74, 6) is 0.152. The molecule has 0 bridgehead atoms. The number of carbonyl (C=O) groups is 1. The third-order valence-corrected chi connectivity index (χ3v) is 5.88. The highest BCUT2D eigenvalue weighted by Crippen LogP contribution is 2.41. The average Bonchev–Trinajstić information content (AvgIpc) is 3.08. The Kier molecular flexibility index (Phi) is 4.45. The average molecular weight is 349 g/mol. The van der Waals surface area contributed by atoms with E-state index in [1.807, 2.05) is 11.0 Å². The normalized spacial score (nSPS) is 22.0. The van der Waals surface area contributed by atoms with E-state index in [1.54, 1.807) is 0 Å².